The van der Waals surface area contributed by atoms with E-state index >= 15 is 0 Å². The van der Waals surface area contributed by atoms with Gasteiger partial charge in [-0.2, -0.15) is 0 Å². The number of aryl methyl sites for hydroxylation is 1. The van der Waals surface area contributed by atoms with E-state index in [1.165, 1.54) is 55.8 Å². The number of piperidine rings is 3. The van der Waals surface area contributed by atoms with Gasteiger partial charge >= 0.3 is 5.69 Å². The average molecular weight is 389 g/mol. The number of aromatic nitrogens is 2. The molecular formula is C21H32N4O3. The third-order valence-electron chi connectivity index (χ3n) is 7.05. The topological polar surface area (TPSA) is 78.4 Å². The summed E-state index contributed by atoms with van der Waals surface area (Å²) in [5.41, 5.74) is -0.451. The van der Waals surface area contributed by atoms with Gasteiger partial charge in [0.1, 0.15) is 6.54 Å². The van der Waals surface area contributed by atoms with Crippen molar-refractivity contribution in [2.24, 2.45) is 11.8 Å². The number of nitrogens with one attached hydrogen (secondary N) is 1. The Morgan fingerprint density at radius 2 is 2.00 bits per heavy atom. The molecule has 0 spiro atoms. The molecule has 0 aliphatic carbocycles. The molecule has 0 radical (unpaired) electrons. The minimum absolute atomic E-state index is 0.00270. The van der Waals surface area contributed by atoms with E-state index in [4.69, 9.17) is 0 Å². The molecule has 4 heterocycles. The molecular weight excluding hydrogens is 356 g/mol. The number of aromatic amines is 1. The van der Waals surface area contributed by atoms with Gasteiger partial charge in [-0.15, -0.1) is 0 Å². The molecule has 7 heteroatoms. The number of nitrogens with zero attached hydrogens (tertiary/aromatic N) is 3. The van der Waals surface area contributed by atoms with Gasteiger partial charge in [-0.05, 0) is 51.0 Å². The van der Waals surface area contributed by atoms with Crippen molar-refractivity contribution in [3.05, 3.63) is 32.6 Å². The summed E-state index contributed by atoms with van der Waals surface area (Å²) in [5, 5.41) is 0. The van der Waals surface area contributed by atoms with E-state index in [-0.39, 0.29) is 18.0 Å². The Morgan fingerprint density at radius 3 is 2.79 bits per heavy atom. The normalized spacial score (nSPS) is 30.1. The molecule has 7 nitrogen and oxygen atoms in total. The summed E-state index contributed by atoms with van der Waals surface area (Å²) >= 11 is 0. The van der Waals surface area contributed by atoms with E-state index in [0.29, 0.717) is 29.5 Å². The second-order valence-corrected chi connectivity index (χ2v) is 8.91. The molecule has 1 aromatic rings. The highest BCUT2D eigenvalue weighted by Crippen LogP contribution is 2.42. The quantitative estimate of drug-likeness (QED) is 0.844. The molecule has 3 aliphatic heterocycles. The summed E-state index contributed by atoms with van der Waals surface area (Å²) in [6.07, 6.45) is 8.94. The zero-order valence-corrected chi connectivity index (χ0v) is 17.0. The average Bonchev–Trinajstić information content (AvgIpc) is 2.69. The van der Waals surface area contributed by atoms with Crippen LogP contribution in [0.5, 0.6) is 0 Å². The van der Waals surface area contributed by atoms with Crippen LogP contribution >= 0.6 is 0 Å². The van der Waals surface area contributed by atoms with E-state index in [1.54, 1.807) is 6.92 Å². The molecule has 0 aromatic carbocycles. The first-order chi connectivity index (χ1) is 13.5. The van der Waals surface area contributed by atoms with Crippen molar-refractivity contribution in [3.63, 3.8) is 0 Å². The third kappa shape index (κ3) is 3.56. The van der Waals surface area contributed by atoms with Crippen LogP contribution in [0.1, 0.15) is 51.0 Å². The largest absolute Gasteiger partial charge is 0.340 e. The minimum Gasteiger partial charge on any atom is -0.340 e. The van der Waals surface area contributed by atoms with Crippen molar-refractivity contribution in [3.8, 4) is 0 Å². The standard InChI is InChI=1S/C21H32N4O3/c1-3-6-17-15-9-16(18-7-4-5-8-25(17)18)12-23(11-15)19(26)13-24-10-14(2)20(27)22-21(24)28/h10,15-18H,3-9,11-13H2,1-2H3,(H,22,27,28)/t15-,16+,17-,18-/m0/s1. The summed E-state index contributed by atoms with van der Waals surface area (Å²) in [7, 11) is 0. The van der Waals surface area contributed by atoms with Gasteiger partial charge in [0.2, 0.25) is 5.91 Å². The number of fused-ring (bicyclic) bond motifs is 4. The molecule has 154 valence electrons. The van der Waals surface area contributed by atoms with E-state index in [9.17, 15) is 14.4 Å². The fraction of sp³-hybridized carbons (Fsp3) is 0.762. The first-order valence-corrected chi connectivity index (χ1v) is 10.8. The van der Waals surface area contributed by atoms with E-state index in [0.717, 1.165) is 13.1 Å². The lowest BCUT2D eigenvalue weighted by atomic mass is 9.71. The fourth-order valence-electron chi connectivity index (χ4n) is 5.79. The Bertz CT molecular complexity index is 845. The van der Waals surface area contributed by atoms with Crippen molar-refractivity contribution in [2.75, 3.05) is 19.6 Å². The van der Waals surface area contributed by atoms with Gasteiger partial charge in [0.15, 0.2) is 0 Å². The highest BCUT2D eigenvalue weighted by Gasteiger charge is 2.47. The van der Waals surface area contributed by atoms with Gasteiger partial charge in [0.25, 0.3) is 5.56 Å². The predicted octanol–water partition coefficient (Wildman–Crippen LogP) is 1.35. The molecule has 3 saturated heterocycles. The van der Waals surface area contributed by atoms with Crippen molar-refractivity contribution in [2.45, 2.75) is 71.0 Å². The molecule has 3 fully saturated rings. The maximum absolute atomic E-state index is 13.0. The Labute approximate surface area is 165 Å². The maximum atomic E-state index is 13.0. The Kier molecular flexibility index (Phi) is 5.45. The molecule has 1 N–H and O–H groups in total. The summed E-state index contributed by atoms with van der Waals surface area (Å²) in [6.45, 7) is 6.71. The second kappa shape index (κ2) is 7.85. The molecule has 0 saturated carbocycles. The molecule has 0 unspecified atom stereocenters. The van der Waals surface area contributed by atoms with Crippen LogP contribution in [0.25, 0.3) is 0 Å². The number of carbonyl (C=O) groups is 1. The molecule has 1 amide bonds. The Hall–Kier alpha value is -1.89. The third-order valence-corrected chi connectivity index (χ3v) is 7.05. The van der Waals surface area contributed by atoms with Crippen LogP contribution in [0.3, 0.4) is 0 Å². The fourth-order valence-corrected chi connectivity index (χ4v) is 5.79. The zero-order chi connectivity index (χ0) is 19.8. The minimum atomic E-state index is -0.511. The smallest absolute Gasteiger partial charge is 0.328 e. The highest BCUT2D eigenvalue weighted by atomic mass is 16.2. The van der Waals surface area contributed by atoms with E-state index in [2.05, 4.69) is 16.8 Å². The number of hydrogen-bond acceptors (Lipinski definition) is 4. The SMILES string of the molecule is CCC[C@H]1[C@H]2C[C@H](CN(C(=O)Cn3cc(C)c(=O)[nH]c3=O)C2)[C@@H]2CCCCN21. The second-order valence-electron chi connectivity index (χ2n) is 8.91. The number of likely N-dealkylation sites (tertiary alicyclic amines) is 1. The van der Waals surface area contributed by atoms with Crippen LogP contribution in [0.4, 0.5) is 0 Å². The first kappa shape index (κ1) is 19.4. The molecule has 2 bridgehead atoms. The van der Waals surface area contributed by atoms with Gasteiger partial charge in [-0.25, -0.2) is 4.79 Å². The number of amides is 1. The number of carbonyl (C=O) groups excluding carboxylic acids is 1. The molecule has 1 aromatic heterocycles. The van der Waals surface area contributed by atoms with Crippen LogP contribution in [-0.4, -0.2) is 57.0 Å². The Morgan fingerprint density at radius 1 is 1.21 bits per heavy atom. The molecule has 4 rings (SSSR count). The lowest BCUT2D eigenvalue weighted by Crippen LogP contribution is -2.64. The van der Waals surface area contributed by atoms with E-state index in [1.807, 2.05) is 4.90 Å². The summed E-state index contributed by atoms with van der Waals surface area (Å²) in [4.78, 5) is 43.7. The zero-order valence-electron chi connectivity index (χ0n) is 17.0. The van der Waals surface area contributed by atoms with Gasteiger partial charge in [0, 0.05) is 36.9 Å². The van der Waals surface area contributed by atoms with Crippen LogP contribution in [0, 0.1) is 18.8 Å². The number of rotatable bonds is 4. The van der Waals surface area contributed by atoms with Crippen molar-refractivity contribution >= 4 is 5.91 Å². The van der Waals surface area contributed by atoms with Gasteiger partial charge < -0.3 is 4.90 Å². The van der Waals surface area contributed by atoms with Crippen LogP contribution in [-0.2, 0) is 11.3 Å². The summed E-state index contributed by atoms with van der Waals surface area (Å²) in [5.74, 6) is 1.07. The lowest BCUT2D eigenvalue weighted by Gasteiger charge is -2.57. The van der Waals surface area contributed by atoms with Crippen molar-refractivity contribution < 1.29 is 4.79 Å². The monoisotopic (exact) mass is 388 g/mol. The lowest BCUT2D eigenvalue weighted by molar-refractivity contribution is -0.141. The van der Waals surface area contributed by atoms with Gasteiger partial charge in [-0.3, -0.25) is 24.0 Å². The summed E-state index contributed by atoms with van der Waals surface area (Å²) in [6, 6.07) is 1.19. The first-order valence-electron chi connectivity index (χ1n) is 10.8. The van der Waals surface area contributed by atoms with Crippen molar-refractivity contribution in [1.82, 2.24) is 19.4 Å². The van der Waals surface area contributed by atoms with Crippen LogP contribution in [0.15, 0.2) is 15.8 Å². The van der Waals surface area contributed by atoms with Crippen LogP contribution < -0.4 is 11.2 Å². The number of hydrogen-bond donors (Lipinski definition) is 1. The predicted molar refractivity (Wildman–Crippen MR) is 107 cm³/mol. The van der Waals surface area contributed by atoms with Gasteiger partial charge in [-0.1, -0.05) is 19.8 Å². The molecule has 3 aliphatic rings. The highest BCUT2D eigenvalue weighted by molar-refractivity contribution is 5.76. The van der Waals surface area contributed by atoms with E-state index < -0.39 is 5.69 Å². The number of H-pyrrole nitrogens is 1. The molecule has 4 atom stereocenters. The van der Waals surface area contributed by atoms with Crippen molar-refractivity contribution in [1.29, 1.82) is 0 Å². The van der Waals surface area contributed by atoms with Crippen LogP contribution in [0.2, 0.25) is 0 Å². The maximum Gasteiger partial charge on any atom is 0.328 e. The van der Waals surface area contributed by atoms with Gasteiger partial charge in [0.05, 0.1) is 0 Å². The Balaban J connectivity index is 1.52. The molecule has 28 heavy (non-hydrogen) atoms. The summed E-state index contributed by atoms with van der Waals surface area (Å²) < 4.78 is 1.33.